The quantitative estimate of drug-likeness (QED) is 0.757. The van der Waals surface area contributed by atoms with Crippen molar-refractivity contribution in [1.82, 2.24) is 4.90 Å². The number of rotatable bonds is 5. The van der Waals surface area contributed by atoms with Crippen molar-refractivity contribution in [2.45, 2.75) is 26.2 Å². The molecule has 3 nitrogen and oxygen atoms in total. The molecule has 1 saturated heterocycles. The summed E-state index contributed by atoms with van der Waals surface area (Å²) in [5.74, 6) is 1.65. The molecular weight excluding hydrogens is 296 g/mol. The molecule has 0 radical (unpaired) electrons. The van der Waals surface area contributed by atoms with Gasteiger partial charge in [-0.3, -0.25) is 4.90 Å². The first kappa shape index (κ1) is 17.1. The first-order chi connectivity index (χ1) is 11.7. The van der Waals surface area contributed by atoms with Crippen molar-refractivity contribution in [2.75, 3.05) is 44.7 Å². The van der Waals surface area contributed by atoms with Crippen molar-refractivity contribution in [3.63, 3.8) is 0 Å². The smallest absolute Gasteiger partial charge is 0.120 e. The van der Waals surface area contributed by atoms with Crippen LogP contribution in [0.15, 0.2) is 48.1 Å². The third kappa shape index (κ3) is 4.21. The summed E-state index contributed by atoms with van der Waals surface area (Å²) < 4.78 is 5.34. The average molecular weight is 326 g/mol. The molecule has 1 aromatic carbocycles. The van der Waals surface area contributed by atoms with Gasteiger partial charge in [-0.1, -0.05) is 29.9 Å². The molecule has 0 N–H and O–H groups in total. The van der Waals surface area contributed by atoms with Gasteiger partial charge < -0.3 is 9.64 Å². The summed E-state index contributed by atoms with van der Waals surface area (Å²) in [5.41, 5.74) is 4.25. The molecular formula is C21H30N2O. The van der Waals surface area contributed by atoms with E-state index in [0.717, 1.165) is 38.5 Å². The second kappa shape index (κ2) is 7.89. The van der Waals surface area contributed by atoms with Crippen LogP contribution in [0.2, 0.25) is 0 Å². The van der Waals surface area contributed by atoms with Crippen LogP contribution in [0.3, 0.4) is 0 Å². The molecule has 1 fully saturated rings. The van der Waals surface area contributed by atoms with Gasteiger partial charge in [-0.15, -0.1) is 0 Å². The molecule has 1 unspecified atom stereocenters. The molecule has 1 aliphatic carbocycles. The average Bonchev–Trinajstić information content (AvgIpc) is 2.63. The first-order valence-electron chi connectivity index (χ1n) is 9.10. The molecule has 0 aromatic heterocycles. The van der Waals surface area contributed by atoms with Crippen LogP contribution in [0.4, 0.5) is 5.69 Å². The number of benzene rings is 1. The largest absolute Gasteiger partial charge is 0.497 e. The Bertz CT molecular complexity index is 600. The lowest BCUT2D eigenvalue weighted by molar-refractivity contribution is 0.273. The highest BCUT2D eigenvalue weighted by atomic mass is 16.5. The number of hydrogen-bond donors (Lipinski definition) is 0. The van der Waals surface area contributed by atoms with Crippen molar-refractivity contribution in [3.8, 4) is 5.75 Å². The molecule has 1 heterocycles. The predicted molar refractivity (Wildman–Crippen MR) is 102 cm³/mol. The van der Waals surface area contributed by atoms with Crippen molar-refractivity contribution in [2.24, 2.45) is 5.92 Å². The van der Waals surface area contributed by atoms with Gasteiger partial charge in [-0.25, -0.2) is 0 Å². The third-order valence-corrected chi connectivity index (χ3v) is 5.42. The molecule has 0 spiro atoms. The summed E-state index contributed by atoms with van der Waals surface area (Å²) in [6, 6.07) is 8.40. The number of allylic oxidation sites excluding steroid dienone is 2. The molecule has 1 aromatic rings. The fourth-order valence-electron chi connectivity index (χ4n) is 3.74. The number of hydrogen-bond acceptors (Lipinski definition) is 3. The molecule has 130 valence electrons. The fourth-order valence-corrected chi connectivity index (χ4v) is 3.74. The zero-order valence-corrected chi connectivity index (χ0v) is 15.1. The molecule has 24 heavy (non-hydrogen) atoms. The number of piperazine rings is 1. The molecule has 3 rings (SSSR count). The van der Waals surface area contributed by atoms with Crippen LogP contribution in [0.5, 0.6) is 5.75 Å². The van der Waals surface area contributed by atoms with Gasteiger partial charge in [-0.2, -0.15) is 0 Å². The van der Waals surface area contributed by atoms with Gasteiger partial charge in [0.2, 0.25) is 0 Å². The van der Waals surface area contributed by atoms with Crippen molar-refractivity contribution in [3.05, 3.63) is 48.1 Å². The van der Waals surface area contributed by atoms with E-state index in [0.29, 0.717) is 5.92 Å². The second-order valence-electron chi connectivity index (χ2n) is 7.14. The minimum absolute atomic E-state index is 0.707. The van der Waals surface area contributed by atoms with Gasteiger partial charge in [0.15, 0.2) is 0 Å². The SMILES string of the molecule is C=C(C)C1CC=C(CN2CCN(c3cccc(OC)c3)CC2)CC1. The Balaban J connectivity index is 1.49. The van der Waals surface area contributed by atoms with Crippen LogP contribution in [-0.4, -0.2) is 44.7 Å². The molecule has 3 heteroatoms. The minimum atomic E-state index is 0.707. The van der Waals surface area contributed by atoms with Gasteiger partial charge in [0, 0.05) is 44.5 Å². The van der Waals surface area contributed by atoms with E-state index in [2.05, 4.69) is 47.6 Å². The zero-order chi connectivity index (χ0) is 16.9. The lowest BCUT2D eigenvalue weighted by atomic mass is 9.85. The Labute approximate surface area is 146 Å². The van der Waals surface area contributed by atoms with Gasteiger partial charge >= 0.3 is 0 Å². The highest BCUT2D eigenvalue weighted by molar-refractivity contribution is 5.51. The summed E-state index contributed by atoms with van der Waals surface area (Å²) in [6.07, 6.45) is 6.18. The Morgan fingerprint density at radius 2 is 2.04 bits per heavy atom. The highest BCUT2D eigenvalue weighted by Gasteiger charge is 2.20. The van der Waals surface area contributed by atoms with Crippen molar-refractivity contribution < 1.29 is 4.74 Å². The van der Waals surface area contributed by atoms with Gasteiger partial charge in [0.05, 0.1) is 7.11 Å². The van der Waals surface area contributed by atoms with Crippen LogP contribution in [0, 0.1) is 5.92 Å². The lowest BCUT2D eigenvalue weighted by Crippen LogP contribution is -2.47. The zero-order valence-electron chi connectivity index (χ0n) is 15.1. The summed E-state index contributed by atoms with van der Waals surface area (Å²) in [5, 5.41) is 0. The Hall–Kier alpha value is -1.74. The number of anilines is 1. The van der Waals surface area contributed by atoms with E-state index in [1.807, 2.05) is 6.07 Å². The van der Waals surface area contributed by atoms with E-state index >= 15 is 0 Å². The van der Waals surface area contributed by atoms with E-state index in [1.54, 1.807) is 12.7 Å². The van der Waals surface area contributed by atoms with E-state index in [4.69, 9.17) is 4.74 Å². The van der Waals surface area contributed by atoms with Gasteiger partial charge in [-0.05, 0) is 44.2 Å². The van der Waals surface area contributed by atoms with E-state index in [1.165, 1.54) is 30.5 Å². The molecule has 0 bridgehead atoms. The fraction of sp³-hybridized carbons (Fsp3) is 0.524. The molecule has 2 aliphatic rings. The maximum absolute atomic E-state index is 5.34. The third-order valence-electron chi connectivity index (χ3n) is 5.42. The number of ether oxygens (including phenoxy) is 1. The molecule has 1 atom stereocenters. The van der Waals surface area contributed by atoms with Gasteiger partial charge in [0.1, 0.15) is 5.75 Å². The van der Waals surface area contributed by atoms with Crippen LogP contribution in [0.25, 0.3) is 0 Å². The summed E-state index contributed by atoms with van der Waals surface area (Å²) in [4.78, 5) is 5.06. The Morgan fingerprint density at radius 3 is 2.67 bits per heavy atom. The van der Waals surface area contributed by atoms with E-state index < -0.39 is 0 Å². The molecule has 0 saturated carbocycles. The number of nitrogens with zero attached hydrogens (tertiary/aromatic N) is 2. The highest BCUT2D eigenvalue weighted by Crippen LogP contribution is 2.29. The molecule has 1 aliphatic heterocycles. The van der Waals surface area contributed by atoms with Gasteiger partial charge in [0.25, 0.3) is 0 Å². The number of methoxy groups -OCH3 is 1. The Kier molecular flexibility index (Phi) is 5.62. The normalized spacial score (nSPS) is 22.2. The van der Waals surface area contributed by atoms with Crippen LogP contribution in [0.1, 0.15) is 26.2 Å². The van der Waals surface area contributed by atoms with Crippen molar-refractivity contribution >= 4 is 5.69 Å². The topological polar surface area (TPSA) is 15.7 Å². The monoisotopic (exact) mass is 326 g/mol. The minimum Gasteiger partial charge on any atom is -0.497 e. The summed E-state index contributed by atoms with van der Waals surface area (Å²) in [7, 11) is 1.73. The summed E-state index contributed by atoms with van der Waals surface area (Å²) >= 11 is 0. The van der Waals surface area contributed by atoms with Crippen LogP contribution in [-0.2, 0) is 0 Å². The van der Waals surface area contributed by atoms with E-state index in [9.17, 15) is 0 Å². The van der Waals surface area contributed by atoms with E-state index in [-0.39, 0.29) is 0 Å². The van der Waals surface area contributed by atoms with Crippen LogP contribution < -0.4 is 9.64 Å². The Morgan fingerprint density at radius 1 is 1.25 bits per heavy atom. The maximum Gasteiger partial charge on any atom is 0.120 e. The van der Waals surface area contributed by atoms with Crippen LogP contribution >= 0.6 is 0 Å². The lowest BCUT2D eigenvalue weighted by Gasteiger charge is -2.37. The first-order valence-corrected chi connectivity index (χ1v) is 9.10. The second-order valence-corrected chi connectivity index (χ2v) is 7.14. The standard InChI is InChI=1S/C21H30N2O/c1-17(2)19-9-7-18(8-10-19)16-22-11-13-23(14-12-22)20-5-4-6-21(15-20)24-3/h4-7,15,19H,1,8-14,16H2,2-3H3. The van der Waals surface area contributed by atoms with Crippen molar-refractivity contribution in [1.29, 1.82) is 0 Å². The summed E-state index contributed by atoms with van der Waals surface area (Å²) in [6.45, 7) is 11.9. The molecule has 0 amide bonds. The maximum atomic E-state index is 5.34. The predicted octanol–water partition coefficient (Wildman–Crippen LogP) is 4.12.